The first-order valence-corrected chi connectivity index (χ1v) is 10.1. The zero-order valence-electron chi connectivity index (χ0n) is 17.5. The topological polar surface area (TPSA) is 126 Å². The molecule has 162 valence electrons. The number of anilines is 1. The van der Waals surface area contributed by atoms with Crippen molar-refractivity contribution in [3.8, 4) is 11.3 Å². The molecule has 3 rings (SSSR count). The molecule has 2 heterocycles. The van der Waals surface area contributed by atoms with E-state index >= 15 is 0 Å². The lowest BCUT2D eigenvalue weighted by molar-refractivity contribution is -0.144. The molecular weight excluding hydrogens is 408 g/mol. The molecule has 0 spiro atoms. The zero-order chi connectivity index (χ0) is 22.2. The van der Waals surface area contributed by atoms with E-state index in [0.29, 0.717) is 16.4 Å². The number of hydrogen-bond donors (Lipinski definition) is 3. The highest BCUT2D eigenvalue weighted by atomic mass is 35.5. The maximum atomic E-state index is 13.5. The fourth-order valence-corrected chi connectivity index (χ4v) is 3.91. The molecule has 1 aliphatic heterocycles. The van der Waals surface area contributed by atoms with Crippen LogP contribution in [0.15, 0.2) is 24.4 Å². The van der Waals surface area contributed by atoms with E-state index in [9.17, 15) is 14.7 Å². The number of nitrogens with zero attached hydrogens (tertiary/aromatic N) is 4. The number of aliphatic hydroxyl groups is 1. The van der Waals surface area contributed by atoms with E-state index < -0.39 is 23.6 Å². The Hall–Kier alpha value is -2.65. The Bertz CT molecular complexity index is 954. The second-order valence-electron chi connectivity index (χ2n) is 8.60. The average molecular weight is 435 g/mol. The van der Waals surface area contributed by atoms with Crippen LogP contribution in [0, 0.1) is 5.41 Å². The van der Waals surface area contributed by atoms with Crippen LogP contribution >= 0.6 is 11.6 Å². The first-order valence-electron chi connectivity index (χ1n) is 9.70. The van der Waals surface area contributed by atoms with Gasteiger partial charge in [-0.3, -0.25) is 9.59 Å². The van der Waals surface area contributed by atoms with Gasteiger partial charge in [-0.25, -0.2) is 4.68 Å². The molecule has 0 saturated carbocycles. The van der Waals surface area contributed by atoms with Gasteiger partial charge in [-0.2, -0.15) is 0 Å². The monoisotopic (exact) mass is 434 g/mol. The Morgan fingerprint density at radius 3 is 2.67 bits per heavy atom. The number of benzene rings is 1. The molecular formula is C20H27ClN6O3. The van der Waals surface area contributed by atoms with Crippen molar-refractivity contribution in [1.82, 2.24) is 25.2 Å². The third-order valence-electron chi connectivity index (χ3n) is 5.24. The van der Waals surface area contributed by atoms with Gasteiger partial charge in [-0.1, -0.05) is 43.7 Å². The Morgan fingerprint density at radius 1 is 1.37 bits per heavy atom. The van der Waals surface area contributed by atoms with Gasteiger partial charge in [0.25, 0.3) is 0 Å². The number of β-amino-alcohol motifs (C(OH)–C–C–N with tert-alkyl or cyclic N) is 1. The predicted octanol–water partition coefficient (Wildman–Crippen LogP) is 1.48. The van der Waals surface area contributed by atoms with E-state index in [4.69, 9.17) is 17.3 Å². The Labute approximate surface area is 180 Å². The number of amides is 2. The summed E-state index contributed by atoms with van der Waals surface area (Å²) in [5.74, 6) is -0.595. The van der Waals surface area contributed by atoms with Crippen LogP contribution in [0.2, 0.25) is 5.02 Å². The van der Waals surface area contributed by atoms with Crippen LogP contribution in [0.3, 0.4) is 0 Å². The highest BCUT2D eigenvalue weighted by Crippen LogP contribution is 2.35. The largest absolute Gasteiger partial charge is 0.398 e. The molecule has 30 heavy (non-hydrogen) atoms. The number of rotatable bonds is 4. The number of halogens is 1. The summed E-state index contributed by atoms with van der Waals surface area (Å²) < 4.78 is 1.51. The van der Waals surface area contributed by atoms with Crippen LogP contribution in [0.5, 0.6) is 0 Å². The van der Waals surface area contributed by atoms with E-state index in [1.165, 1.54) is 16.6 Å². The number of nitrogen functional groups attached to an aromatic ring is 1. The number of hydrogen-bond acceptors (Lipinski definition) is 6. The summed E-state index contributed by atoms with van der Waals surface area (Å²) in [5, 5.41) is 21.5. The maximum Gasteiger partial charge on any atom is 0.248 e. The molecule has 0 radical (unpaired) electrons. The van der Waals surface area contributed by atoms with Gasteiger partial charge in [-0.15, -0.1) is 5.10 Å². The minimum absolute atomic E-state index is 0.0959. The van der Waals surface area contributed by atoms with Crippen LogP contribution < -0.4 is 11.1 Å². The van der Waals surface area contributed by atoms with Crippen molar-refractivity contribution in [2.24, 2.45) is 5.41 Å². The number of carbonyl (C=O) groups is 2. The molecule has 1 aromatic heterocycles. The van der Waals surface area contributed by atoms with Crippen molar-refractivity contribution >= 4 is 29.1 Å². The molecule has 10 heteroatoms. The van der Waals surface area contributed by atoms with Gasteiger partial charge in [0.1, 0.15) is 17.8 Å². The van der Waals surface area contributed by atoms with Crippen molar-refractivity contribution in [1.29, 1.82) is 0 Å². The van der Waals surface area contributed by atoms with Crippen molar-refractivity contribution in [2.45, 2.75) is 45.4 Å². The van der Waals surface area contributed by atoms with Crippen molar-refractivity contribution in [3.05, 3.63) is 29.4 Å². The van der Waals surface area contributed by atoms with E-state index in [-0.39, 0.29) is 24.8 Å². The normalized spacial score (nSPS) is 20.3. The van der Waals surface area contributed by atoms with Gasteiger partial charge in [0.05, 0.1) is 23.0 Å². The predicted molar refractivity (Wildman–Crippen MR) is 114 cm³/mol. The lowest BCUT2D eigenvalue weighted by atomic mass is 9.85. The lowest BCUT2D eigenvalue weighted by Gasteiger charge is -2.34. The standard InChI is InChI=1S/C20H27ClN6O3/c1-20(2,3)17(19(30)26-9-12(28)8-16(26)18(29)23-4)27-10-15(24-25-27)11-5-6-14(22)13(21)7-11/h5-7,10,12,16-17,28H,8-9,22H2,1-4H3,(H,23,29)/t12?,16-,17?/m1/s1. The summed E-state index contributed by atoms with van der Waals surface area (Å²) >= 11 is 6.11. The fraction of sp³-hybridized carbons (Fsp3) is 0.500. The zero-order valence-corrected chi connectivity index (χ0v) is 18.2. The van der Waals surface area contributed by atoms with E-state index in [1.54, 1.807) is 24.4 Å². The van der Waals surface area contributed by atoms with E-state index in [0.717, 1.165) is 5.56 Å². The highest BCUT2D eigenvalue weighted by Gasteiger charge is 2.45. The molecule has 0 aliphatic carbocycles. The molecule has 1 aliphatic rings. The van der Waals surface area contributed by atoms with Gasteiger partial charge in [0, 0.05) is 25.6 Å². The summed E-state index contributed by atoms with van der Waals surface area (Å²) in [6.45, 7) is 5.84. The SMILES string of the molecule is CNC(=O)[C@H]1CC(O)CN1C(=O)C(n1cc(-c2ccc(N)c(Cl)c2)nn1)C(C)(C)C. The molecule has 2 unspecified atom stereocenters. The van der Waals surface area contributed by atoms with Crippen molar-refractivity contribution in [3.63, 3.8) is 0 Å². The number of nitrogens with two attached hydrogens (primary N) is 1. The summed E-state index contributed by atoms with van der Waals surface area (Å²) in [7, 11) is 1.51. The fourth-order valence-electron chi connectivity index (χ4n) is 3.73. The molecule has 1 aromatic carbocycles. The minimum Gasteiger partial charge on any atom is -0.398 e. The van der Waals surface area contributed by atoms with Gasteiger partial charge in [-0.05, 0) is 17.5 Å². The van der Waals surface area contributed by atoms with Crippen molar-refractivity contribution in [2.75, 3.05) is 19.3 Å². The summed E-state index contributed by atoms with van der Waals surface area (Å²) in [6.07, 6.45) is 1.13. The first kappa shape index (κ1) is 22.0. The number of nitrogens with one attached hydrogen (secondary N) is 1. The van der Waals surface area contributed by atoms with Gasteiger partial charge in [0.2, 0.25) is 11.8 Å². The van der Waals surface area contributed by atoms with Gasteiger partial charge >= 0.3 is 0 Å². The van der Waals surface area contributed by atoms with Crippen LogP contribution in [0.1, 0.15) is 33.2 Å². The Balaban J connectivity index is 1.95. The van der Waals surface area contributed by atoms with Crippen molar-refractivity contribution < 1.29 is 14.7 Å². The molecule has 4 N–H and O–H groups in total. The van der Waals surface area contributed by atoms with E-state index in [2.05, 4.69) is 15.6 Å². The highest BCUT2D eigenvalue weighted by molar-refractivity contribution is 6.33. The molecule has 2 amide bonds. The maximum absolute atomic E-state index is 13.5. The van der Waals surface area contributed by atoms with Crippen LogP contribution in [0.25, 0.3) is 11.3 Å². The summed E-state index contributed by atoms with van der Waals surface area (Å²) in [6, 6.07) is 3.71. The van der Waals surface area contributed by atoms with E-state index in [1.807, 2.05) is 20.8 Å². The number of likely N-dealkylation sites (N-methyl/N-ethyl adjacent to an activating group) is 1. The third-order valence-corrected chi connectivity index (χ3v) is 5.56. The van der Waals surface area contributed by atoms with Gasteiger partial charge < -0.3 is 21.1 Å². The number of likely N-dealkylation sites (tertiary alicyclic amines) is 1. The smallest absolute Gasteiger partial charge is 0.248 e. The number of aromatic nitrogens is 3. The average Bonchev–Trinajstić information content (AvgIpc) is 3.29. The number of aliphatic hydroxyl groups excluding tert-OH is 1. The lowest BCUT2D eigenvalue weighted by Crippen LogP contribution is -2.49. The quantitative estimate of drug-likeness (QED) is 0.625. The molecule has 0 bridgehead atoms. The third kappa shape index (κ3) is 4.27. The molecule has 9 nitrogen and oxygen atoms in total. The summed E-state index contributed by atoms with van der Waals surface area (Å²) in [4.78, 5) is 27.2. The number of carbonyl (C=O) groups excluding carboxylic acids is 2. The van der Waals surface area contributed by atoms with Crippen LogP contribution in [-0.4, -0.2) is 62.6 Å². The van der Waals surface area contributed by atoms with Crippen LogP contribution in [0.4, 0.5) is 5.69 Å². The molecule has 1 saturated heterocycles. The second kappa shape index (κ2) is 8.23. The Morgan fingerprint density at radius 2 is 2.07 bits per heavy atom. The Kier molecular flexibility index (Phi) is 6.05. The molecule has 2 aromatic rings. The molecule has 3 atom stereocenters. The minimum atomic E-state index is -0.750. The van der Waals surface area contributed by atoms with Gasteiger partial charge in [0.15, 0.2) is 0 Å². The summed E-state index contributed by atoms with van der Waals surface area (Å²) in [5.41, 5.74) is 6.97. The first-order chi connectivity index (χ1) is 14.0. The van der Waals surface area contributed by atoms with Crippen LogP contribution in [-0.2, 0) is 9.59 Å². The molecule has 1 fully saturated rings. The second-order valence-corrected chi connectivity index (χ2v) is 9.01.